The minimum Gasteiger partial charge on any atom is -2.00 e. The molecule has 0 aromatic heterocycles. The van der Waals surface area contributed by atoms with Crippen LogP contribution in [0.5, 0.6) is 0 Å². The zero-order chi connectivity index (χ0) is 0. The topological polar surface area (TPSA) is 0 Å². The zero-order valence-electron chi connectivity index (χ0n) is 2.23. The summed E-state index contributed by atoms with van der Waals surface area (Å²) in [4.78, 5) is 0. The smallest absolute Gasteiger partial charge is 2.00 e. The molecule has 0 radical (unpaired) electrons. The van der Waals surface area contributed by atoms with E-state index in [4.69, 9.17) is 0 Å². The van der Waals surface area contributed by atoms with Gasteiger partial charge in [-0.05, 0) is 0 Å². The van der Waals surface area contributed by atoms with E-state index in [1.807, 2.05) is 0 Å². The third-order valence-electron chi connectivity index (χ3n) is 0. The van der Waals surface area contributed by atoms with Crippen LogP contribution in [0.1, 0.15) is 0 Å². The Kier molecular flexibility index (Phi) is 159. The van der Waals surface area contributed by atoms with Crippen molar-refractivity contribution in [2.45, 2.75) is 0 Å². The molecular formula is HgS2Zn. The molecule has 0 saturated carbocycles. The Bertz CT molecular complexity index is 6.00. The Labute approximate surface area is 73.3 Å². The molecule has 0 bridgehead atoms. The molecule has 0 unspecified atom stereocenters. The molecule has 0 atom stereocenters. The average molecular weight is 330 g/mol. The second kappa shape index (κ2) is 18.7. The van der Waals surface area contributed by atoms with Crippen LogP contribution in [0.15, 0.2) is 0 Å². The van der Waals surface area contributed by atoms with Gasteiger partial charge in [0.05, 0.1) is 0 Å². The summed E-state index contributed by atoms with van der Waals surface area (Å²) >= 11 is 0. The Morgan fingerprint density at radius 2 is 0.750 bits per heavy atom. The van der Waals surface area contributed by atoms with Gasteiger partial charge in [0, 0.05) is 0 Å². The zero-order valence-corrected chi connectivity index (χ0v) is 12.3. The molecular weight excluding hydrogens is 330 g/mol. The first-order chi connectivity index (χ1) is 0. The molecule has 4 heteroatoms. The summed E-state index contributed by atoms with van der Waals surface area (Å²) in [5.74, 6) is 0. The van der Waals surface area contributed by atoms with Gasteiger partial charge in [-0.15, -0.1) is 0 Å². The van der Waals surface area contributed by atoms with Gasteiger partial charge < -0.3 is 27.0 Å². The summed E-state index contributed by atoms with van der Waals surface area (Å²) in [7, 11) is 0. The molecule has 4 heavy (non-hydrogen) atoms. The van der Waals surface area contributed by atoms with Crippen LogP contribution >= 0.6 is 0 Å². The van der Waals surface area contributed by atoms with Crippen LogP contribution in [-0.4, -0.2) is 0 Å². The van der Waals surface area contributed by atoms with Gasteiger partial charge in [0.25, 0.3) is 0 Å². The van der Waals surface area contributed by atoms with E-state index >= 15 is 0 Å². The summed E-state index contributed by atoms with van der Waals surface area (Å²) in [6, 6.07) is 0. The minimum atomic E-state index is 0. The van der Waals surface area contributed by atoms with E-state index in [0.717, 1.165) is 0 Å². The van der Waals surface area contributed by atoms with Crippen LogP contribution in [-0.2, 0) is 74.1 Å². The molecule has 0 aromatic rings. The summed E-state index contributed by atoms with van der Waals surface area (Å²) in [5, 5.41) is 0. The Balaban J connectivity index is 0. The van der Waals surface area contributed by atoms with Gasteiger partial charge in [-0.3, -0.25) is 0 Å². The van der Waals surface area contributed by atoms with Crippen molar-refractivity contribution in [3.8, 4) is 0 Å². The first-order valence-electron chi connectivity index (χ1n) is 0. The molecule has 0 saturated heterocycles. The van der Waals surface area contributed by atoms with Crippen molar-refractivity contribution in [2.24, 2.45) is 0 Å². The van der Waals surface area contributed by atoms with E-state index < -0.39 is 0 Å². The molecule has 16 valence electrons. The third kappa shape index (κ3) is 8.86. The third-order valence-corrected chi connectivity index (χ3v) is 0. The summed E-state index contributed by atoms with van der Waals surface area (Å²) in [6.07, 6.45) is 0. The van der Waals surface area contributed by atoms with Crippen LogP contribution in [0.3, 0.4) is 0 Å². The standard InChI is InChI=1S/Hg.2S.Zn/q+2;2*-2;+2. The van der Waals surface area contributed by atoms with Gasteiger partial charge in [0.15, 0.2) is 0 Å². The fourth-order valence-corrected chi connectivity index (χ4v) is 0. The molecule has 0 N–H and O–H groups in total. The van der Waals surface area contributed by atoms with E-state index in [1.165, 1.54) is 0 Å². The predicted octanol–water partition coefficient (Wildman–Crippen LogP) is -0.00980. The monoisotopic (exact) mass is 330 g/mol. The van der Waals surface area contributed by atoms with Gasteiger partial charge in [-0.25, -0.2) is 0 Å². The van der Waals surface area contributed by atoms with Crippen molar-refractivity contribution in [2.75, 3.05) is 0 Å². The van der Waals surface area contributed by atoms with Crippen molar-refractivity contribution >= 4 is 27.0 Å². The van der Waals surface area contributed by atoms with E-state index in [9.17, 15) is 0 Å². The summed E-state index contributed by atoms with van der Waals surface area (Å²) < 4.78 is 0. The average Bonchev–Trinajstić information content (AvgIpc) is 0. The van der Waals surface area contributed by atoms with Gasteiger partial charge in [0.2, 0.25) is 0 Å². The fraction of sp³-hybridized carbons (Fsp3) is 0. The molecule has 0 heterocycles. The Morgan fingerprint density at radius 3 is 0.750 bits per heavy atom. The van der Waals surface area contributed by atoms with Crippen LogP contribution in [0.2, 0.25) is 0 Å². The fourth-order valence-electron chi connectivity index (χ4n) is 0. The Hall–Kier alpha value is 2.26. The van der Waals surface area contributed by atoms with E-state index in [2.05, 4.69) is 0 Å². The van der Waals surface area contributed by atoms with Crippen LogP contribution in [0.25, 0.3) is 0 Å². The quantitative estimate of drug-likeness (QED) is 0.548. The molecule has 0 rings (SSSR count). The van der Waals surface area contributed by atoms with Gasteiger partial charge in [-0.2, -0.15) is 0 Å². The largest absolute Gasteiger partial charge is 2.00 e. The maximum atomic E-state index is 0. The SMILES string of the molecule is [Hg+2].[S-2].[S-2].[Zn+2]. The first kappa shape index (κ1) is 33.9. The molecule has 0 amide bonds. The van der Waals surface area contributed by atoms with Gasteiger partial charge in [0.1, 0.15) is 0 Å². The molecule has 0 aliphatic heterocycles. The van der Waals surface area contributed by atoms with E-state index in [1.54, 1.807) is 0 Å². The summed E-state index contributed by atoms with van der Waals surface area (Å²) in [6.45, 7) is 0. The maximum absolute atomic E-state index is 0. The second-order valence-electron chi connectivity index (χ2n) is 0. The Morgan fingerprint density at radius 1 is 0.750 bits per heavy atom. The van der Waals surface area contributed by atoms with Crippen LogP contribution in [0.4, 0.5) is 0 Å². The van der Waals surface area contributed by atoms with E-state index in [0.29, 0.717) is 0 Å². The molecule has 0 aliphatic rings. The molecule has 0 aliphatic carbocycles. The molecule has 0 aromatic carbocycles. The van der Waals surface area contributed by atoms with Crippen molar-refractivity contribution in [1.82, 2.24) is 0 Å². The van der Waals surface area contributed by atoms with Gasteiger partial charge >= 0.3 is 47.1 Å². The molecule has 0 fully saturated rings. The number of hydrogen-bond acceptors (Lipinski definition) is 0. The first-order valence-corrected chi connectivity index (χ1v) is 0. The maximum Gasteiger partial charge on any atom is 2.00 e. The van der Waals surface area contributed by atoms with Crippen LogP contribution in [0, 0.1) is 0 Å². The van der Waals surface area contributed by atoms with Crippen molar-refractivity contribution in [3.05, 3.63) is 0 Å². The van der Waals surface area contributed by atoms with Crippen LogP contribution < -0.4 is 0 Å². The van der Waals surface area contributed by atoms with Crippen molar-refractivity contribution in [3.63, 3.8) is 0 Å². The normalized spacial score (nSPS) is 0. The minimum absolute atomic E-state index is 0. The molecule has 0 nitrogen and oxygen atoms in total. The van der Waals surface area contributed by atoms with Crippen molar-refractivity contribution < 1.29 is 47.1 Å². The second-order valence-corrected chi connectivity index (χ2v) is 0. The van der Waals surface area contributed by atoms with Crippen molar-refractivity contribution in [1.29, 1.82) is 0 Å². The van der Waals surface area contributed by atoms with E-state index in [-0.39, 0.29) is 74.1 Å². The van der Waals surface area contributed by atoms with Gasteiger partial charge in [-0.1, -0.05) is 0 Å². The summed E-state index contributed by atoms with van der Waals surface area (Å²) in [5.41, 5.74) is 0. The molecule has 0 spiro atoms. The number of rotatable bonds is 0. The predicted molar refractivity (Wildman–Crippen MR) is 14.7 cm³/mol. The number of hydrogen-bond donors (Lipinski definition) is 0.